The lowest BCUT2D eigenvalue weighted by molar-refractivity contribution is 0.0446. The minimum absolute atomic E-state index is 0. The molecule has 3 rings (SSSR count). The van der Waals surface area contributed by atoms with E-state index >= 15 is 0 Å². The number of hydrogen-bond acceptors (Lipinski definition) is 7. The number of hydrogen-bond donors (Lipinski definition) is 2. The van der Waals surface area contributed by atoms with Crippen LogP contribution in [0.25, 0.3) is 0 Å². The van der Waals surface area contributed by atoms with Crippen molar-refractivity contribution >= 4 is 29.8 Å². The van der Waals surface area contributed by atoms with Gasteiger partial charge in [-0.15, -0.1) is 12.4 Å². The number of nitriles is 1. The van der Waals surface area contributed by atoms with Crippen molar-refractivity contribution in [2.45, 2.75) is 31.8 Å². The molecule has 0 amide bonds. The summed E-state index contributed by atoms with van der Waals surface area (Å²) in [6, 6.07) is 4.18. The van der Waals surface area contributed by atoms with Gasteiger partial charge in [-0.05, 0) is 32.7 Å². The minimum atomic E-state index is -0.739. The van der Waals surface area contributed by atoms with Crippen LogP contribution in [0.3, 0.4) is 0 Å². The molecule has 1 aromatic rings. The molecule has 25 heavy (non-hydrogen) atoms. The monoisotopic (exact) mass is 387 g/mol. The molecular formula is C16H23Cl2N5O2. The maximum Gasteiger partial charge on any atom is 0.319 e. The van der Waals surface area contributed by atoms with Crippen LogP contribution in [0.5, 0.6) is 6.01 Å². The summed E-state index contributed by atoms with van der Waals surface area (Å²) in [5, 5.41) is 23.1. The van der Waals surface area contributed by atoms with E-state index in [1.165, 1.54) is 0 Å². The molecule has 0 saturated carbocycles. The van der Waals surface area contributed by atoms with E-state index in [1.54, 1.807) is 6.07 Å². The third kappa shape index (κ3) is 4.85. The van der Waals surface area contributed by atoms with Gasteiger partial charge in [0.05, 0.1) is 11.7 Å². The lowest BCUT2D eigenvalue weighted by Gasteiger charge is -2.37. The maximum absolute atomic E-state index is 10.3. The molecule has 0 bridgehead atoms. The van der Waals surface area contributed by atoms with Gasteiger partial charge in [0, 0.05) is 25.7 Å². The van der Waals surface area contributed by atoms with Crippen LogP contribution in [0.15, 0.2) is 6.07 Å². The smallest absolute Gasteiger partial charge is 0.319 e. The Labute approximate surface area is 158 Å². The van der Waals surface area contributed by atoms with Gasteiger partial charge in [0.1, 0.15) is 23.0 Å². The highest BCUT2D eigenvalue weighted by atomic mass is 35.5. The van der Waals surface area contributed by atoms with Crippen LogP contribution in [-0.4, -0.2) is 53.5 Å². The van der Waals surface area contributed by atoms with E-state index in [1.807, 2.05) is 11.8 Å². The molecule has 0 aromatic carbocycles. The number of β-amino-alcohol motifs (C(OH)–C–C–N with tert-alkyl or cyclic N) is 1. The molecular weight excluding hydrogens is 365 g/mol. The Kier molecular flexibility index (Phi) is 6.33. The van der Waals surface area contributed by atoms with Crippen molar-refractivity contribution in [3.05, 3.63) is 11.2 Å². The Morgan fingerprint density at radius 2 is 2.28 bits per heavy atom. The molecule has 2 fully saturated rings. The quantitative estimate of drug-likeness (QED) is 0.760. The third-order valence-electron chi connectivity index (χ3n) is 4.62. The molecule has 1 aromatic heterocycles. The number of rotatable bonds is 4. The van der Waals surface area contributed by atoms with Crippen molar-refractivity contribution in [1.82, 2.24) is 15.3 Å². The van der Waals surface area contributed by atoms with E-state index in [2.05, 4.69) is 21.4 Å². The topological polar surface area (TPSA) is 94.3 Å². The van der Waals surface area contributed by atoms with Gasteiger partial charge in [0.25, 0.3) is 0 Å². The fourth-order valence-corrected chi connectivity index (χ4v) is 3.39. The zero-order valence-corrected chi connectivity index (χ0v) is 15.7. The SMILES string of the molecule is C[C@@]1(O)CCCN(c2cc(Cl)nc(OCC3(C#N)CCNC3)n2)C1.Cl. The van der Waals surface area contributed by atoms with Crippen LogP contribution in [-0.2, 0) is 0 Å². The van der Waals surface area contributed by atoms with E-state index in [4.69, 9.17) is 16.3 Å². The highest BCUT2D eigenvalue weighted by Crippen LogP contribution is 2.28. The van der Waals surface area contributed by atoms with Gasteiger partial charge in [-0.1, -0.05) is 11.6 Å². The molecule has 0 spiro atoms. The molecule has 2 atom stereocenters. The van der Waals surface area contributed by atoms with Crippen molar-refractivity contribution in [3.8, 4) is 12.1 Å². The molecule has 2 saturated heterocycles. The molecule has 7 nitrogen and oxygen atoms in total. The van der Waals surface area contributed by atoms with Gasteiger partial charge >= 0.3 is 6.01 Å². The van der Waals surface area contributed by atoms with Crippen LogP contribution < -0.4 is 15.0 Å². The molecule has 2 aliphatic heterocycles. The van der Waals surface area contributed by atoms with Crippen LogP contribution in [0, 0.1) is 16.7 Å². The van der Waals surface area contributed by atoms with E-state index in [0.29, 0.717) is 18.9 Å². The first-order valence-electron chi connectivity index (χ1n) is 8.18. The highest BCUT2D eigenvalue weighted by molar-refractivity contribution is 6.29. The van der Waals surface area contributed by atoms with Crippen LogP contribution >= 0.6 is 24.0 Å². The Morgan fingerprint density at radius 1 is 1.48 bits per heavy atom. The standard InChI is InChI=1S/C16H22ClN5O2.ClH/c1-15(23)3-2-6-22(10-15)13-7-12(17)20-14(21-13)24-11-16(8-18)4-5-19-9-16;/h7,19,23H,2-6,9-11H2,1H3;1H/t15-,16?;/m1./s1. The van der Waals surface area contributed by atoms with E-state index < -0.39 is 11.0 Å². The predicted octanol–water partition coefficient (Wildman–Crippen LogP) is 1.79. The first-order chi connectivity index (χ1) is 11.4. The van der Waals surface area contributed by atoms with E-state index in [9.17, 15) is 10.4 Å². The zero-order chi connectivity index (χ0) is 17.2. The average Bonchev–Trinajstić information content (AvgIpc) is 3.01. The van der Waals surface area contributed by atoms with Crippen LogP contribution in [0.1, 0.15) is 26.2 Å². The minimum Gasteiger partial charge on any atom is -0.462 e. The molecule has 0 aliphatic carbocycles. The maximum atomic E-state index is 10.3. The number of halogens is 2. The van der Waals surface area contributed by atoms with Gasteiger partial charge in [-0.3, -0.25) is 0 Å². The zero-order valence-electron chi connectivity index (χ0n) is 14.2. The largest absolute Gasteiger partial charge is 0.462 e. The number of nitrogens with zero attached hydrogens (tertiary/aromatic N) is 4. The van der Waals surface area contributed by atoms with Crippen LogP contribution in [0.4, 0.5) is 5.82 Å². The number of aliphatic hydroxyl groups is 1. The second-order valence-electron chi connectivity index (χ2n) is 6.96. The molecule has 9 heteroatoms. The Bertz CT molecular complexity index is 644. The summed E-state index contributed by atoms with van der Waals surface area (Å²) < 4.78 is 5.69. The highest BCUT2D eigenvalue weighted by Gasteiger charge is 2.35. The van der Waals surface area contributed by atoms with Gasteiger partial charge in [0.15, 0.2) is 0 Å². The molecule has 2 N–H and O–H groups in total. The predicted molar refractivity (Wildman–Crippen MR) is 97.4 cm³/mol. The lowest BCUT2D eigenvalue weighted by atomic mass is 9.90. The van der Waals surface area contributed by atoms with Gasteiger partial charge < -0.3 is 20.1 Å². The van der Waals surface area contributed by atoms with Crippen molar-refractivity contribution in [2.24, 2.45) is 5.41 Å². The fourth-order valence-electron chi connectivity index (χ4n) is 3.22. The second-order valence-corrected chi connectivity index (χ2v) is 7.35. The normalized spacial score (nSPS) is 29.0. The summed E-state index contributed by atoms with van der Waals surface area (Å²) in [4.78, 5) is 10.5. The van der Waals surface area contributed by atoms with Gasteiger partial charge in [-0.25, -0.2) is 0 Å². The Hall–Kier alpha value is -1.33. The molecule has 2 aliphatic rings. The summed E-state index contributed by atoms with van der Waals surface area (Å²) >= 11 is 6.11. The van der Waals surface area contributed by atoms with Crippen molar-refractivity contribution in [1.29, 1.82) is 5.26 Å². The fraction of sp³-hybridized carbons (Fsp3) is 0.688. The summed E-state index contributed by atoms with van der Waals surface area (Å²) in [6.45, 7) is 4.76. The Morgan fingerprint density at radius 3 is 2.92 bits per heavy atom. The first kappa shape index (κ1) is 20.0. The lowest BCUT2D eigenvalue weighted by Crippen LogP contribution is -2.46. The third-order valence-corrected chi connectivity index (χ3v) is 4.81. The first-order valence-corrected chi connectivity index (χ1v) is 8.56. The Balaban J connectivity index is 0.00000225. The molecule has 0 radical (unpaired) electrons. The van der Waals surface area contributed by atoms with Crippen molar-refractivity contribution in [3.63, 3.8) is 0 Å². The molecule has 1 unspecified atom stereocenters. The molecule has 3 heterocycles. The summed E-state index contributed by atoms with van der Waals surface area (Å²) in [7, 11) is 0. The van der Waals surface area contributed by atoms with E-state index in [0.717, 1.165) is 32.4 Å². The van der Waals surface area contributed by atoms with Crippen molar-refractivity contribution in [2.75, 3.05) is 37.7 Å². The second kappa shape index (κ2) is 7.92. The van der Waals surface area contributed by atoms with E-state index in [-0.39, 0.29) is 30.2 Å². The number of nitrogens with one attached hydrogen (secondary N) is 1. The van der Waals surface area contributed by atoms with Gasteiger partial charge in [0.2, 0.25) is 0 Å². The summed E-state index contributed by atoms with van der Waals surface area (Å²) in [5.74, 6) is 0.639. The molecule has 138 valence electrons. The summed E-state index contributed by atoms with van der Waals surface area (Å²) in [5.41, 5.74) is -1.28. The summed E-state index contributed by atoms with van der Waals surface area (Å²) in [6.07, 6.45) is 2.39. The number of anilines is 1. The number of ether oxygens (including phenoxy) is 1. The number of piperidine rings is 1. The van der Waals surface area contributed by atoms with Crippen molar-refractivity contribution < 1.29 is 9.84 Å². The van der Waals surface area contributed by atoms with Gasteiger partial charge in [-0.2, -0.15) is 15.2 Å². The number of aromatic nitrogens is 2. The van der Waals surface area contributed by atoms with Crippen LogP contribution in [0.2, 0.25) is 5.15 Å². The average molecular weight is 388 g/mol.